The van der Waals surface area contributed by atoms with Crippen LogP contribution in [0.15, 0.2) is 18.2 Å². The molecule has 1 aliphatic carbocycles. The molecule has 1 aromatic carbocycles. The zero-order valence-corrected chi connectivity index (χ0v) is 9.54. The zero-order valence-electron chi connectivity index (χ0n) is 8.78. The quantitative estimate of drug-likeness (QED) is 0.830. The minimum atomic E-state index is -0.328. The van der Waals surface area contributed by atoms with Gasteiger partial charge in [-0.25, -0.2) is 0 Å². The van der Waals surface area contributed by atoms with Crippen LogP contribution < -0.4 is 5.32 Å². The summed E-state index contributed by atoms with van der Waals surface area (Å²) in [5.41, 5.74) is 1.27. The summed E-state index contributed by atoms with van der Waals surface area (Å²) in [4.78, 5) is 0. The molecule has 0 aromatic heterocycles. The van der Waals surface area contributed by atoms with Crippen molar-refractivity contribution in [2.45, 2.75) is 31.4 Å². The monoisotopic (exact) mass is 236 g/mol. The van der Waals surface area contributed by atoms with Crippen molar-refractivity contribution in [1.29, 1.82) is 5.26 Å². The Morgan fingerprint density at radius 2 is 2.25 bits per heavy atom. The van der Waals surface area contributed by atoms with Gasteiger partial charge in [0.15, 0.2) is 0 Å². The number of nitrogens with zero attached hydrogens (tertiary/aromatic N) is 1. The summed E-state index contributed by atoms with van der Waals surface area (Å²) in [6.07, 6.45) is 2.44. The van der Waals surface area contributed by atoms with E-state index in [0.29, 0.717) is 16.3 Å². The number of nitriles is 1. The van der Waals surface area contributed by atoms with E-state index < -0.39 is 0 Å². The lowest BCUT2D eigenvalue weighted by Gasteiger charge is -2.18. The van der Waals surface area contributed by atoms with Gasteiger partial charge in [0.05, 0.1) is 23.4 Å². The predicted molar refractivity (Wildman–Crippen MR) is 63.4 cm³/mol. The number of halogens is 1. The van der Waals surface area contributed by atoms with E-state index in [4.69, 9.17) is 16.9 Å². The van der Waals surface area contributed by atoms with Gasteiger partial charge >= 0.3 is 0 Å². The van der Waals surface area contributed by atoms with E-state index in [0.717, 1.165) is 19.3 Å². The highest BCUT2D eigenvalue weighted by Crippen LogP contribution is 2.26. The maximum absolute atomic E-state index is 9.70. The Hall–Kier alpha value is -1.24. The maximum atomic E-state index is 9.70. The second kappa shape index (κ2) is 4.73. The molecule has 2 rings (SSSR count). The number of nitrogens with one attached hydrogen (secondary N) is 1. The van der Waals surface area contributed by atoms with E-state index in [-0.39, 0.29) is 12.1 Å². The highest BCUT2D eigenvalue weighted by molar-refractivity contribution is 6.30. The van der Waals surface area contributed by atoms with Crippen LogP contribution in [0.25, 0.3) is 0 Å². The fourth-order valence-electron chi connectivity index (χ4n) is 2.04. The van der Waals surface area contributed by atoms with Crippen molar-refractivity contribution >= 4 is 17.3 Å². The van der Waals surface area contributed by atoms with Crippen LogP contribution in [0.5, 0.6) is 0 Å². The van der Waals surface area contributed by atoms with Gasteiger partial charge in [-0.2, -0.15) is 5.26 Å². The van der Waals surface area contributed by atoms with Crippen molar-refractivity contribution in [2.75, 3.05) is 5.32 Å². The van der Waals surface area contributed by atoms with Crippen molar-refractivity contribution in [3.63, 3.8) is 0 Å². The smallest absolute Gasteiger partial charge is 0.101 e. The van der Waals surface area contributed by atoms with Crippen molar-refractivity contribution in [1.82, 2.24) is 0 Å². The lowest BCUT2D eigenvalue weighted by atomic mass is 10.1. The van der Waals surface area contributed by atoms with Crippen LogP contribution in [0.3, 0.4) is 0 Å². The molecule has 2 N–H and O–H groups in total. The van der Waals surface area contributed by atoms with Crippen molar-refractivity contribution in [3.8, 4) is 6.07 Å². The Morgan fingerprint density at radius 3 is 2.88 bits per heavy atom. The van der Waals surface area contributed by atoms with E-state index in [1.54, 1.807) is 18.2 Å². The third-order valence-electron chi connectivity index (χ3n) is 2.92. The topological polar surface area (TPSA) is 56.0 Å². The number of rotatable bonds is 2. The van der Waals surface area contributed by atoms with Gasteiger partial charge in [0.2, 0.25) is 0 Å². The standard InChI is InChI=1S/C12H13ClN2O/c13-9-5-4-8(7-14)11(6-9)15-10-2-1-3-12(10)16/h4-6,10,12,15-16H,1-3H2/t10-,12-/m0/s1. The first-order valence-corrected chi connectivity index (χ1v) is 5.73. The van der Waals surface area contributed by atoms with Gasteiger partial charge in [0.1, 0.15) is 6.07 Å². The number of benzene rings is 1. The lowest BCUT2D eigenvalue weighted by molar-refractivity contribution is 0.172. The summed E-state index contributed by atoms with van der Waals surface area (Å²) in [6.45, 7) is 0. The molecular weight excluding hydrogens is 224 g/mol. The third-order valence-corrected chi connectivity index (χ3v) is 3.16. The average Bonchev–Trinajstić information content (AvgIpc) is 2.65. The summed E-state index contributed by atoms with van der Waals surface area (Å²) in [6, 6.07) is 7.25. The molecule has 2 atom stereocenters. The lowest BCUT2D eigenvalue weighted by Crippen LogP contribution is -2.28. The van der Waals surface area contributed by atoms with Crippen LogP contribution in [0.2, 0.25) is 5.02 Å². The first kappa shape index (κ1) is 11.3. The Morgan fingerprint density at radius 1 is 1.44 bits per heavy atom. The predicted octanol–water partition coefficient (Wildman–Crippen LogP) is 2.54. The molecule has 4 heteroatoms. The van der Waals surface area contributed by atoms with Gasteiger partial charge in [-0.05, 0) is 37.5 Å². The summed E-state index contributed by atoms with van der Waals surface area (Å²) in [7, 11) is 0. The Kier molecular flexibility index (Phi) is 3.33. The van der Waals surface area contributed by atoms with Gasteiger partial charge in [-0.3, -0.25) is 0 Å². The number of anilines is 1. The summed E-state index contributed by atoms with van der Waals surface area (Å²) in [5.74, 6) is 0. The van der Waals surface area contributed by atoms with Crippen LogP contribution in [0, 0.1) is 11.3 Å². The molecule has 16 heavy (non-hydrogen) atoms. The highest BCUT2D eigenvalue weighted by atomic mass is 35.5. The minimum Gasteiger partial charge on any atom is -0.391 e. The molecule has 0 radical (unpaired) electrons. The van der Waals surface area contributed by atoms with Crippen LogP contribution >= 0.6 is 11.6 Å². The van der Waals surface area contributed by atoms with E-state index in [9.17, 15) is 5.11 Å². The zero-order chi connectivity index (χ0) is 11.5. The fraction of sp³-hybridized carbons (Fsp3) is 0.417. The van der Waals surface area contributed by atoms with Gasteiger partial charge in [0.25, 0.3) is 0 Å². The minimum absolute atomic E-state index is 0.0329. The summed E-state index contributed by atoms with van der Waals surface area (Å²) >= 11 is 5.88. The number of aliphatic hydroxyl groups excluding tert-OH is 1. The average molecular weight is 237 g/mol. The molecule has 1 saturated carbocycles. The van der Waals surface area contributed by atoms with Crippen molar-refractivity contribution in [2.24, 2.45) is 0 Å². The van der Waals surface area contributed by atoms with Crippen LogP contribution in [0.4, 0.5) is 5.69 Å². The van der Waals surface area contributed by atoms with E-state index in [1.807, 2.05) is 0 Å². The van der Waals surface area contributed by atoms with E-state index in [1.165, 1.54) is 0 Å². The van der Waals surface area contributed by atoms with Crippen molar-refractivity contribution in [3.05, 3.63) is 28.8 Å². The third kappa shape index (κ3) is 2.29. The summed E-state index contributed by atoms with van der Waals surface area (Å²) in [5, 5.41) is 22.4. The molecule has 0 spiro atoms. The first-order chi connectivity index (χ1) is 7.70. The Bertz CT molecular complexity index is 428. The summed E-state index contributed by atoms with van der Waals surface area (Å²) < 4.78 is 0. The highest BCUT2D eigenvalue weighted by Gasteiger charge is 2.25. The van der Waals surface area contributed by atoms with Gasteiger partial charge < -0.3 is 10.4 Å². The number of aliphatic hydroxyl groups is 1. The van der Waals surface area contributed by atoms with Crippen LogP contribution in [0.1, 0.15) is 24.8 Å². The molecule has 0 heterocycles. The molecule has 0 amide bonds. The number of hydrogen-bond acceptors (Lipinski definition) is 3. The van der Waals surface area contributed by atoms with Crippen LogP contribution in [-0.2, 0) is 0 Å². The molecule has 84 valence electrons. The Balaban J connectivity index is 2.20. The largest absolute Gasteiger partial charge is 0.391 e. The molecular formula is C12H13ClN2O. The van der Waals surface area contributed by atoms with Crippen LogP contribution in [-0.4, -0.2) is 17.3 Å². The Labute approximate surface area is 99.7 Å². The SMILES string of the molecule is N#Cc1ccc(Cl)cc1N[C@H]1CCC[C@@H]1O. The fourth-order valence-corrected chi connectivity index (χ4v) is 2.21. The second-order valence-electron chi connectivity index (χ2n) is 4.05. The normalized spacial score (nSPS) is 24.1. The van der Waals surface area contributed by atoms with Gasteiger partial charge in [-0.15, -0.1) is 0 Å². The van der Waals surface area contributed by atoms with Crippen molar-refractivity contribution < 1.29 is 5.11 Å². The molecule has 1 aromatic rings. The molecule has 0 bridgehead atoms. The second-order valence-corrected chi connectivity index (χ2v) is 4.49. The molecule has 0 unspecified atom stereocenters. The molecule has 0 aliphatic heterocycles. The molecule has 3 nitrogen and oxygen atoms in total. The van der Waals surface area contributed by atoms with E-state index in [2.05, 4.69) is 11.4 Å². The molecule has 1 aliphatic rings. The van der Waals surface area contributed by atoms with Gasteiger partial charge in [0, 0.05) is 5.02 Å². The maximum Gasteiger partial charge on any atom is 0.101 e. The molecule has 0 saturated heterocycles. The number of hydrogen-bond donors (Lipinski definition) is 2. The molecule has 1 fully saturated rings. The van der Waals surface area contributed by atoms with Gasteiger partial charge in [-0.1, -0.05) is 11.6 Å². The first-order valence-electron chi connectivity index (χ1n) is 5.35. The van der Waals surface area contributed by atoms with E-state index >= 15 is 0 Å².